The number of hydrogen-bond acceptors (Lipinski definition) is 4. The first kappa shape index (κ1) is 15.2. The summed E-state index contributed by atoms with van der Waals surface area (Å²) in [7, 11) is 1.67. The highest BCUT2D eigenvalue weighted by molar-refractivity contribution is 5.85. The first-order valence-corrected chi connectivity index (χ1v) is 6.02. The molecule has 0 spiro atoms. The minimum Gasteiger partial charge on any atom is -0.497 e. The number of halogens is 1. The highest BCUT2D eigenvalue weighted by Gasteiger charge is 2.23. The molecule has 0 saturated carbocycles. The maximum absolute atomic E-state index is 9.65. The molecule has 3 N–H and O–H groups in total. The van der Waals surface area contributed by atoms with E-state index >= 15 is 0 Å². The molecule has 1 heterocycles. The Morgan fingerprint density at radius 1 is 1.44 bits per heavy atom. The molecule has 0 bridgehead atoms. The minimum absolute atomic E-state index is 0. The van der Waals surface area contributed by atoms with Gasteiger partial charge in [0.05, 0.1) is 13.2 Å². The Balaban J connectivity index is 0.00000162. The molecule has 1 aromatic rings. The Hall–Kier alpha value is -0.810. The van der Waals surface area contributed by atoms with Crippen molar-refractivity contribution in [2.45, 2.75) is 12.6 Å². The predicted octanol–water partition coefficient (Wildman–Crippen LogP) is 0.787. The maximum atomic E-state index is 9.65. The number of β-amino-alcohol motifs (C(OH)–C–C–N with tert-alkyl or cyclic N) is 1. The van der Waals surface area contributed by atoms with Crippen LogP contribution in [-0.2, 0) is 6.54 Å². The fourth-order valence-electron chi connectivity index (χ4n) is 2.11. The number of aliphatic hydroxyl groups is 1. The average Bonchev–Trinajstić information content (AvgIpc) is 2.76. The van der Waals surface area contributed by atoms with E-state index in [4.69, 9.17) is 4.74 Å². The molecule has 0 aromatic heterocycles. The van der Waals surface area contributed by atoms with Gasteiger partial charge in [0, 0.05) is 32.1 Å². The second kappa shape index (κ2) is 7.59. The SMILES string of the molecule is COc1cccc(CNCC2CNCC2O)c1.Cl. The first-order chi connectivity index (χ1) is 8.29. The van der Waals surface area contributed by atoms with E-state index in [1.54, 1.807) is 7.11 Å². The molecule has 0 aliphatic carbocycles. The van der Waals surface area contributed by atoms with Gasteiger partial charge in [-0.15, -0.1) is 12.4 Å². The van der Waals surface area contributed by atoms with Crippen LogP contribution in [-0.4, -0.2) is 38.0 Å². The molecule has 2 atom stereocenters. The van der Waals surface area contributed by atoms with Gasteiger partial charge in [0.2, 0.25) is 0 Å². The lowest BCUT2D eigenvalue weighted by molar-refractivity contribution is 0.146. The molecule has 1 aromatic carbocycles. The molecule has 1 fully saturated rings. The van der Waals surface area contributed by atoms with Crippen LogP contribution >= 0.6 is 12.4 Å². The van der Waals surface area contributed by atoms with Crippen molar-refractivity contribution in [2.75, 3.05) is 26.7 Å². The quantitative estimate of drug-likeness (QED) is 0.742. The highest BCUT2D eigenvalue weighted by Crippen LogP contribution is 2.12. The number of hydrogen-bond donors (Lipinski definition) is 3. The summed E-state index contributed by atoms with van der Waals surface area (Å²) in [6.45, 7) is 3.25. The van der Waals surface area contributed by atoms with Gasteiger partial charge >= 0.3 is 0 Å². The van der Waals surface area contributed by atoms with Gasteiger partial charge in [-0.3, -0.25) is 0 Å². The largest absolute Gasteiger partial charge is 0.497 e. The van der Waals surface area contributed by atoms with Gasteiger partial charge < -0.3 is 20.5 Å². The number of rotatable bonds is 5. The van der Waals surface area contributed by atoms with Crippen LogP contribution in [0.1, 0.15) is 5.56 Å². The van der Waals surface area contributed by atoms with Crippen molar-refractivity contribution in [3.05, 3.63) is 29.8 Å². The molecule has 1 aliphatic rings. The van der Waals surface area contributed by atoms with Crippen molar-refractivity contribution < 1.29 is 9.84 Å². The molecular formula is C13H21ClN2O2. The van der Waals surface area contributed by atoms with Gasteiger partial charge in [0.25, 0.3) is 0 Å². The van der Waals surface area contributed by atoms with Crippen molar-refractivity contribution >= 4 is 12.4 Å². The summed E-state index contributed by atoms with van der Waals surface area (Å²) in [5.74, 6) is 1.20. The van der Waals surface area contributed by atoms with Crippen LogP contribution in [0.2, 0.25) is 0 Å². The van der Waals surface area contributed by atoms with Gasteiger partial charge in [-0.05, 0) is 17.7 Å². The second-order valence-electron chi connectivity index (χ2n) is 4.47. The summed E-state index contributed by atoms with van der Waals surface area (Å²) in [5, 5.41) is 16.2. The van der Waals surface area contributed by atoms with Crippen molar-refractivity contribution in [3.8, 4) is 5.75 Å². The third kappa shape index (κ3) is 4.14. The number of nitrogens with one attached hydrogen (secondary N) is 2. The topological polar surface area (TPSA) is 53.5 Å². The van der Waals surface area contributed by atoms with E-state index in [9.17, 15) is 5.11 Å². The number of benzene rings is 1. The number of methoxy groups -OCH3 is 1. The molecule has 4 nitrogen and oxygen atoms in total. The van der Waals surface area contributed by atoms with Crippen molar-refractivity contribution in [3.63, 3.8) is 0 Å². The van der Waals surface area contributed by atoms with Crippen LogP contribution in [0, 0.1) is 5.92 Å². The van der Waals surface area contributed by atoms with Gasteiger partial charge in [-0.25, -0.2) is 0 Å². The molecule has 1 saturated heterocycles. The van der Waals surface area contributed by atoms with Crippen LogP contribution in [0.25, 0.3) is 0 Å². The van der Waals surface area contributed by atoms with E-state index in [2.05, 4.69) is 16.7 Å². The monoisotopic (exact) mass is 272 g/mol. The van der Waals surface area contributed by atoms with E-state index in [1.165, 1.54) is 5.56 Å². The van der Waals surface area contributed by atoms with Crippen LogP contribution in [0.15, 0.2) is 24.3 Å². The Kier molecular flexibility index (Phi) is 6.43. The summed E-state index contributed by atoms with van der Waals surface area (Å²) in [6, 6.07) is 8.02. The zero-order valence-electron chi connectivity index (χ0n) is 10.6. The summed E-state index contributed by atoms with van der Waals surface area (Å²) in [5.41, 5.74) is 1.20. The molecule has 18 heavy (non-hydrogen) atoms. The average molecular weight is 273 g/mol. The number of ether oxygens (including phenoxy) is 1. The van der Waals surface area contributed by atoms with Crippen LogP contribution in [0.5, 0.6) is 5.75 Å². The molecule has 102 valence electrons. The highest BCUT2D eigenvalue weighted by atomic mass is 35.5. The summed E-state index contributed by atoms with van der Waals surface area (Å²) >= 11 is 0. The van der Waals surface area contributed by atoms with E-state index in [0.717, 1.165) is 25.4 Å². The Morgan fingerprint density at radius 3 is 2.94 bits per heavy atom. The van der Waals surface area contributed by atoms with E-state index in [0.29, 0.717) is 12.5 Å². The van der Waals surface area contributed by atoms with E-state index in [1.807, 2.05) is 18.2 Å². The predicted molar refractivity (Wildman–Crippen MR) is 74.3 cm³/mol. The summed E-state index contributed by atoms with van der Waals surface area (Å²) < 4.78 is 5.17. The first-order valence-electron chi connectivity index (χ1n) is 6.02. The van der Waals surface area contributed by atoms with E-state index < -0.39 is 0 Å². The molecule has 2 unspecified atom stereocenters. The fraction of sp³-hybridized carbons (Fsp3) is 0.538. The standard InChI is InChI=1S/C13H20N2O2.ClH/c1-17-12-4-2-3-10(5-12)6-14-7-11-8-15-9-13(11)16;/h2-5,11,13-16H,6-9H2,1H3;1H. The number of aliphatic hydroxyl groups excluding tert-OH is 1. The van der Waals surface area contributed by atoms with Gasteiger partial charge in [-0.1, -0.05) is 12.1 Å². The zero-order chi connectivity index (χ0) is 12.1. The van der Waals surface area contributed by atoms with Crippen LogP contribution < -0.4 is 15.4 Å². The molecule has 5 heteroatoms. The second-order valence-corrected chi connectivity index (χ2v) is 4.47. The Labute approximate surface area is 114 Å². The summed E-state index contributed by atoms with van der Waals surface area (Å²) in [6.07, 6.45) is -0.215. The third-order valence-electron chi connectivity index (χ3n) is 3.17. The molecule has 2 rings (SSSR count). The normalized spacial score (nSPS) is 22.6. The van der Waals surface area contributed by atoms with Crippen molar-refractivity contribution in [1.82, 2.24) is 10.6 Å². The van der Waals surface area contributed by atoms with Crippen molar-refractivity contribution in [2.24, 2.45) is 5.92 Å². The van der Waals surface area contributed by atoms with Gasteiger partial charge in [-0.2, -0.15) is 0 Å². The fourth-order valence-corrected chi connectivity index (χ4v) is 2.11. The summed E-state index contributed by atoms with van der Waals surface area (Å²) in [4.78, 5) is 0. The molecule has 1 aliphatic heterocycles. The molecular weight excluding hydrogens is 252 g/mol. The Morgan fingerprint density at radius 2 is 2.28 bits per heavy atom. The third-order valence-corrected chi connectivity index (χ3v) is 3.17. The Bertz CT molecular complexity index is 363. The smallest absolute Gasteiger partial charge is 0.119 e. The molecule has 0 amide bonds. The molecule has 0 radical (unpaired) electrons. The maximum Gasteiger partial charge on any atom is 0.119 e. The van der Waals surface area contributed by atoms with Crippen LogP contribution in [0.3, 0.4) is 0 Å². The lowest BCUT2D eigenvalue weighted by atomic mass is 10.1. The lowest BCUT2D eigenvalue weighted by Crippen LogP contribution is -2.30. The minimum atomic E-state index is -0.215. The van der Waals surface area contributed by atoms with Crippen molar-refractivity contribution in [1.29, 1.82) is 0 Å². The zero-order valence-corrected chi connectivity index (χ0v) is 11.4. The van der Waals surface area contributed by atoms with E-state index in [-0.39, 0.29) is 18.5 Å². The van der Waals surface area contributed by atoms with Gasteiger partial charge in [0.15, 0.2) is 0 Å². The lowest BCUT2D eigenvalue weighted by Gasteiger charge is -2.14. The van der Waals surface area contributed by atoms with Gasteiger partial charge in [0.1, 0.15) is 5.75 Å². The van der Waals surface area contributed by atoms with Crippen LogP contribution in [0.4, 0.5) is 0 Å².